The van der Waals surface area contributed by atoms with Crippen molar-refractivity contribution in [2.24, 2.45) is 0 Å². The van der Waals surface area contributed by atoms with Crippen molar-refractivity contribution < 1.29 is 9.90 Å². The quantitative estimate of drug-likeness (QED) is 0.766. The summed E-state index contributed by atoms with van der Waals surface area (Å²) in [7, 11) is 0. The largest absolute Gasteiger partial charge is 0.388 e. The van der Waals surface area contributed by atoms with E-state index in [1.165, 1.54) is 0 Å². The summed E-state index contributed by atoms with van der Waals surface area (Å²) >= 11 is 0. The maximum Gasteiger partial charge on any atom is 0.319 e. The van der Waals surface area contributed by atoms with Crippen LogP contribution in [0.2, 0.25) is 0 Å². The molecule has 0 aliphatic heterocycles. The summed E-state index contributed by atoms with van der Waals surface area (Å²) in [5.41, 5.74) is 1.01. The van der Waals surface area contributed by atoms with Crippen LogP contribution in [-0.2, 0) is 6.54 Å². The molecule has 1 aromatic heterocycles. The molecule has 3 N–H and O–H groups in total. The lowest BCUT2D eigenvalue weighted by atomic mass is 9.98. The maximum absolute atomic E-state index is 12.0. The predicted octanol–water partition coefficient (Wildman–Crippen LogP) is 3.33. The van der Waals surface area contributed by atoms with Crippen LogP contribution in [0.25, 0.3) is 10.9 Å². The van der Waals surface area contributed by atoms with Crippen molar-refractivity contribution >= 4 is 22.6 Å². The van der Waals surface area contributed by atoms with E-state index in [1.54, 1.807) is 0 Å². The molecule has 0 saturated heterocycles. The van der Waals surface area contributed by atoms with E-state index in [-0.39, 0.29) is 12.6 Å². The molecule has 0 spiro atoms. The fourth-order valence-corrected chi connectivity index (χ4v) is 2.46. The Kier molecular flexibility index (Phi) is 5.08. The Balaban J connectivity index is 2.02. The molecule has 0 fully saturated rings. The molecule has 22 heavy (non-hydrogen) atoms. The summed E-state index contributed by atoms with van der Waals surface area (Å²) in [5, 5.41) is 16.9. The number of amides is 2. The highest BCUT2D eigenvalue weighted by atomic mass is 16.3. The monoisotopic (exact) mass is 303 g/mol. The van der Waals surface area contributed by atoms with Gasteiger partial charge in [0.2, 0.25) is 0 Å². The van der Waals surface area contributed by atoms with Crippen LogP contribution in [0.3, 0.4) is 0 Å². The standard InChI is InChI=1S/C17H25N3O2/c1-4-17(22,5-2)12-18-16(21)19-14-8-7-13-9-10-20(6-3)15(13)11-14/h7-11,22H,4-6,12H2,1-3H3,(H2,18,19,21). The molecular formula is C17H25N3O2. The van der Waals surface area contributed by atoms with E-state index in [0.717, 1.165) is 23.1 Å². The van der Waals surface area contributed by atoms with Crippen molar-refractivity contribution in [2.75, 3.05) is 11.9 Å². The molecular weight excluding hydrogens is 278 g/mol. The SMILES string of the molecule is CCn1ccc2ccc(NC(=O)NCC(O)(CC)CC)cc21. The van der Waals surface area contributed by atoms with Gasteiger partial charge in [-0.1, -0.05) is 19.9 Å². The molecule has 0 aliphatic rings. The van der Waals surface area contributed by atoms with Gasteiger partial charge in [-0.25, -0.2) is 4.79 Å². The van der Waals surface area contributed by atoms with Gasteiger partial charge in [0.15, 0.2) is 0 Å². The molecule has 0 aliphatic carbocycles. The molecule has 0 unspecified atom stereocenters. The Bertz CT molecular complexity index is 644. The topological polar surface area (TPSA) is 66.3 Å². The number of carbonyl (C=O) groups is 1. The third-order valence-electron chi connectivity index (χ3n) is 4.27. The highest BCUT2D eigenvalue weighted by Gasteiger charge is 2.22. The first-order valence-corrected chi connectivity index (χ1v) is 7.87. The Morgan fingerprint density at radius 1 is 1.23 bits per heavy atom. The van der Waals surface area contributed by atoms with Gasteiger partial charge in [-0.3, -0.25) is 0 Å². The number of benzene rings is 1. The van der Waals surface area contributed by atoms with Gasteiger partial charge in [0, 0.05) is 25.0 Å². The average molecular weight is 303 g/mol. The Labute approximate surface area is 131 Å². The van der Waals surface area contributed by atoms with Crippen molar-refractivity contribution in [2.45, 2.75) is 45.8 Å². The number of rotatable bonds is 6. The van der Waals surface area contributed by atoms with Crippen molar-refractivity contribution in [3.63, 3.8) is 0 Å². The lowest BCUT2D eigenvalue weighted by Gasteiger charge is -2.25. The zero-order valence-corrected chi connectivity index (χ0v) is 13.5. The lowest BCUT2D eigenvalue weighted by Crippen LogP contribution is -2.43. The highest BCUT2D eigenvalue weighted by molar-refractivity contribution is 5.92. The third-order valence-corrected chi connectivity index (χ3v) is 4.27. The van der Waals surface area contributed by atoms with Crippen molar-refractivity contribution in [3.05, 3.63) is 30.5 Å². The van der Waals surface area contributed by atoms with E-state index in [0.29, 0.717) is 12.8 Å². The summed E-state index contributed by atoms with van der Waals surface area (Å²) in [6.07, 6.45) is 3.26. The minimum Gasteiger partial charge on any atom is -0.388 e. The number of nitrogens with zero attached hydrogens (tertiary/aromatic N) is 1. The van der Waals surface area contributed by atoms with Gasteiger partial charge in [0.25, 0.3) is 0 Å². The first-order valence-electron chi connectivity index (χ1n) is 7.87. The van der Waals surface area contributed by atoms with Gasteiger partial charge in [-0.15, -0.1) is 0 Å². The zero-order chi connectivity index (χ0) is 16.2. The first-order chi connectivity index (χ1) is 10.5. The molecule has 1 heterocycles. The molecule has 120 valence electrons. The van der Waals surface area contributed by atoms with E-state index >= 15 is 0 Å². The van der Waals surface area contributed by atoms with Crippen LogP contribution in [0.1, 0.15) is 33.6 Å². The average Bonchev–Trinajstić information content (AvgIpc) is 2.95. The summed E-state index contributed by atoms with van der Waals surface area (Å²) in [6.45, 7) is 7.05. The van der Waals surface area contributed by atoms with Gasteiger partial charge in [-0.05, 0) is 43.4 Å². The second-order valence-corrected chi connectivity index (χ2v) is 5.61. The van der Waals surface area contributed by atoms with Crippen LogP contribution < -0.4 is 10.6 Å². The van der Waals surface area contributed by atoms with Crippen LogP contribution in [0.5, 0.6) is 0 Å². The molecule has 2 rings (SSSR count). The molecule has 5 nitrogen and oxygen atoms in total. The molecule has 0 atom stereocenters. The number of hydrogen-bond acceptors (Lipinski definition) is 2. The van der Waals surface area contributed by atoms with Gasteiger partial charge >= 0.3 is 6.03 Å². The third kappa shape index (κ3) is 3.60. The van der Waals surface area contributed by atoms with E-state index in [9.17, 15) is 9.90 Å². The van der Waals surface area contributed by atoms with Crippen LogP contribution in [-0.4, -0.2) is 27.9 Å². The number of urea groups is 1. The number of aliphatic hydroxyl groups is 1. The zero-order valence-electron chi connectivity index (χ0n) is 13.5. The summed E-state index contributed by atoms with van der Waals surface area (Å²) in [6, 6.07) is 7.60. The van der Waals surface area contributed by atoms with Crippen LogP contribution in [0.4, 0.5) is 10.5 Å². The number of aromatic nitrogens is 1. The lowest BCUT2D eigenvalue weighted by molar-refractivity contribution is 0.0354. The van der Waals surface area contributed by atoms with Gasteiger partial charge in [0.1, 0.15) is 0 Å². The van der Waals surface area contributed by atoms with Crippen LogP contribution in [0, 0.1) is 0 Å². The fourth-order valence-electron chi connectivity index (χ4n) is 2.46. The molecule has 5 heteroatoms. The normalized spacial score (nSPS) is 11.6. The molecule has 0 radical (unpaired) electrons. The smallest absolute Gasteiger partial charge is 0.319 e. The first kappa shape index (κ1) is 16.4. The number of nitrogens with one attached hydrogen (secondary N) is 2. The van der Waals surface area contributed by atoms with Crippen molar-refractivity contribution in [1.29, 1.82) is 0 Å². The number of fused-ring (bicyclic) bond motifs is 1. The van der Waals surface area contributed by atoms with Gasteiger partial charge < -0.3 is 20.3 Å². The highest BCUT2D eigenvalue weighted by Crippen LogP contribution is 2.20. The number of aryl methyl sites for hydroxylation is 1. The van der Waals surface area contributed by atoms with Crippen LogP contribution >= 0.6 is 0 Å². The second kappa shape index (κ2) is 6.83. The van der Waals surface area contributed by atoms with E-state index in [4.69, 9.17) is 0 Å². The minimum absolute atomic E-state index is 0.249. The Hall–Kier alpha value is -2.01. The minimum atomic E-state index is -0.835. The van der Waals surface area contributed by atoms with E-state index in [2.05, 4.69) is 28.2 Å². The molecule has 2 aromatic rings. The van der Waals surface area contributed by atoms with Crippen molar-refractivity contribution in [3.8, 4) is 0 Å². The number of carbonyl (C=O) groups excluding carboxylic acids is 1. The molecule has 0 bridgehead atoms. The molecule has 2 amide bonds. The molecule has 1 aromatic carbocycles. The molecule has 0 saturated carbocycles. The Morgan fingerprint density at radius 2 is 1.95 bits per heavy atom. The fraction of sp³-hybridized carbons (Fsp3) is 0.471. The second-order valence-electron chi connectivity index (χ2n) is 5.61. The van der Waals surface area contributed by atoms with E-state index < -0.39 is 5.60 Å². The van der Waals surface area contributed by atoms with Crippen LogP contribution in [0.15, 0.2) is 30.5 Å². The summed E-state index contributed by atoms with van der Waals surface area (Å²) in [5.74, 6) is 0. The number of anilines is 1. The van der Waals surface area contributed by atoms with Gasteiger partial charge in [0.05, 0.1) is 11.1 Å². The van der Waals surface area contributed by atoms with Gasteiger partial charge in [-0.2, -0.15) is 0 Å². The predicted molar refractivity (Wildman–Crippen MR) is 90.2 cm³/mol. The summed E-state index contributed by atoms with van der Waals surface area (Å²) < 4.78 is 2.13. The Morgan fingerprint density at radius 3 is 2.59 bits per heavy atom. The number of hydrogen-bond donors (Lipinski definition) is 3. The maximum atomic E-state index is 12.0. The van der Waals surface area contributed by atoms with E-state index in [1.807, 2.05) is 38.2 Å². The van der Waals surface area contributed by atoms with Crippen molar-refractivity contribution in [1.82, 2.24) is 9.88 Å². The summed E-state index contributed by atoms with van der Waals surface area (Å²) in [4.78, 5) is 12.0.